The van der Waals surface area contributed by atoms with E-state index in [0.29, 0.717) is 6.42 Å². The van der Waals surface area contributed by atoms with Crippen molar-refractivity contribution < 1.29 is 9.53 Å². The zero-order valence-electron chi connectivity index (χ0n) is 11.1. The van der Waals surface area contributed by atoms with Crippen LogP contribution in [0.5, 0.6) is 5.75 Å². The molecule has 0 saturated heterocycles. The van der Waals surface area contributed by atoms with Gasteiger partial charge in [0.15, 0.2) is 0 Å². The van der Waals surface area contributed by atoms with Gasteiger partial charge in [-0.3, -0.25) is 4.79 Å². The third-order valence-corrected chi connectivity index (χ3v) is 2.83. The minimum atomic E-state index is -0.0178. The number of benzene rings is 2. The summed E-state index contributed by atoms with van der Waals surface area (Å²) in [6.45, 7) is 2.00. The highest BCUT2D eigenvalue weighted by molar-refractivity contribution is 5.92. The Morgan fingerprint density at radius 3 is 2.53 bits per heavy atom. The third kappa shape index (κ3) is 3.85. The van der Waals surface area contributed by atoms with Gasteiger partial charge in [0.1, 0.15) is 5.75 Å². The first-order chi connectivity index (χ1) is 9.17. The topological polar surface area (TPSA) is 38.3 Å². The van der Waals surface area contributed by atoms with Gasteiger partial charge in [-0.1, -0.05) is 24.3 Å². The summed E-state index contributed by atoms with van der Waals surface area (Å²) in [5.74, 6) is 0.776. The van der Waals surface area contributed by atoms with Crippen LogP contribution in [0.3, 0.4) is 0 Å². The van der Waals surface area contributed by atoms with E-state index in [0.717, 1.165) is 22.6 Å². The lowest BCUT2D eigenvalue weighted by Crippen LogP contribution is -2.14. The molecular weight excluding hydrogens is 238 g/mol. The van der Waals surface area contributed by atoms with Crippen LogP contribution < -0.4 is 10.1 Å². The van der Waals surface area contributed by atoms with Crippen LogP contribution in [0.4, 0.5) is 5.69 Å². The number of carbonyl (C=O) groups excluding carboxylic acids is 1. The molecule has 0 radical (unpaired) electrons. The highest BCUT2D eigenvalue weighted by Gasteiger charge is 2.04. The molecule has 0 fully saturated rings. The molecule has 0 aromatic heterocycles. The van der Waals surface area contributed by atoms with E-state index in [2.05, 4.69) is 5.32 Å². The van der Waals surface area contributed by atoms with E-state index in [1.807, 2.05) is 55.5 Å². The molecule has 1 N–H and O–H groups in total. The van der Waals surface area contributed by atoms with Crippen molar-refractivity contribution in [2.45, 2.75) is 13.3 Å². The van der Waals surface area contributed by atoms with Gasteiger partial charge in [-0.05, 0) is 42.3 Å². The molecule has 0 unspecified atom stereocenters. The van der Waals surface area contributed by atoms with Crippen LogP contribution in [0, 0.1) is 6.92 Å². The van der Waals surface area contributed by atoms with Crippen molar-refractivity contribution in [2.24, 2.45) is 0 Å². The Hall–Kier alpha value is -2.29. The van der Waals surface area contributed by atoms with Gasteiger partial charge in [0, 0.05) is 5.69 Å². The first-order valence-electron chi connectivity index (χ1n) is 6.17. The van der Waals surface area contributed by atoms with Crippen molar-refractivity contribution in [3.63, 3.8) is 0 Å². The molecule has 0 heterocycles. The van der Waals surface area contributed by atoms with Crippen molar-refractivity contribution in [1.82, 2.24) is 0 Å². The number of anilines is 1. The average Bonchev–Trinajstić information content (AvgIpc) is 2.39. The molecule has 2 aromatic carbocycles. The van der Waals surface area contributed by atoms with Gasteiger partial charge in [0.2, 0.25) is 5.91 Å². The zero-order chi connectivity index (χ0) is 13.7. The van der Waals surface area contributed by atoms with Crippen molar-refractivity contribution in [2.75, 3.05) is 12.4 Å². The van der Waals surface area contributed by atoms with E-state index < -0.39 is 0 Å². The standard InChI is InChI=1S/C16H17NO2/c1-12-4-3-5-14(10-12)17-16(18)11-13-6-8-15(19-2)9-7-13/h3-10H,11H2,1-2H3,(H,17,18). The lowest BCUT2D eigenvalue weighted by atomic mass is 10.1. The van der Waals surface area contributed by atoms with E-state index in [-0.39, 0.29) is 5.91 Å². The molecule has 0 atom stereocenters. The fourth-order valence-corrected chi connectivity index (χ4v) is 1.86. The molecule has 2 aromatic rings. The largest absolute Gasteiger partial charge is 0.497 e. The predicted molar refractivity (Wildman–Crippen MR) is 76.5 cm³/mol. The molecule has 0 aliphatic rings. The second-order valence-corrected chi connectivity index (χ2v) is 4.44. The molecule has 0 spiro atoms. The van der Waals surface area contributed by atoms with Gasteiger partial charge in [-0.2, -0.15) is 0 Å². The van der Waals surface area contributed by atoms with Crippen molar-refractivity contribution in [3.8, 4) is 5.75 Å². The molecule has 3 nitrogen and oxygen atoms in total. The number of nitrogens with one attached hydrogen (secondary N) is 1. The minimum absolute atomic E-state index is 0.0178. The van der Waals surface area contributed by atoms with Gasteiger partial charge >= 0.3 is 0 Å². The SMILES string of the molecule is COc1ccc(CC(=O)Nc2cccc(C)c2)cc1. The summed E-state index contributed by atoms with van der Waals surface area (Å²) in [5.41, 5.74) is 2.92. The van der Waals surface area contributed by atoms with Crippen LogP contribution in [0.1, 0.15) is 11.1 Å². The Bertz CT molecular complexity index is 561. The highest BCUT2D eigenvalue weighted by atomic mass is 16.5. The van der Waals surface area contributed by atoms with Crippen molar-refractivity contribution in [3.05, 3.63) is 59.7 Å². The number of amides is 1. The van der Waals surface area contributed by atoms with Crippen molar-refractivity contribution in [1.29, 1.82) is 0 Å². The summed E-state index contributed by atoms with van der Waals surface area (Å²) in [7, 11) is 1.62. The molecule has 0 aliphatic carbocycles. The number of carbonyl (C=O) groups is 1. The predicted octanol–water partition coefficient (Wildman–Crippen LogP) is 3.18. The maximum absolute atomic E-state index is 11.9. The quantitative estimate of drug-likeness (QED) is 0.911. The Morgan fingerprint density at radius 1 is 1.16 bits per heavy atom. The number of hydrogen-bond acceptors (Lipinski definition) is 2. The summed E-state index contributed by atoms with van der Waals surface area (Å²) >= 11 is 0. The Labute approximate surface area is 113 Å². The van der Waals surface area contributed by atoms with Crippen LogP contribution in [0.2, 0.25) is 0 Å². The minimum Gasteiger partial charge on any atom is -0.497 e. The highest BCUT2D eigenvalue weighted by Crippen LogP contribution is 2.13. The fourth-order valence-electron chi connectivity index (χ4n) is 1.86. The van der Waals surface area contributed by atoms with Crippen LogP contribution >= 0.6 is 0 Å². The van der Waals surface area contributed by atoms with Gasteiger partial charge in [-0.15, -0.1) is 0 Å². The smallest absolute Gasteiger partial charge is 0.228 e. The van der Waals surface area contributed by atoms with Gasteiger partial charge in [0.05, 0.1) is 13.5 Å². The second kappa shape index (κ2) is 6.05. The average molecular weight is 255 g/mol. The summed E-state index contributed by atoms with van der Waals surface area (Å²) < 4.78 is 5.08. The second-order valence-electron chi connectivity index (χ2n) is 4.44. The van der Waals surface area contributed by atoms with Gasteiger partial charge in [0.25, 0.3) is 0 Å². The summed E-state index contributed by atoms with van der Waals surface area (Å²) in [4.78, 5) is 11.9. The summed E-state index contributed by atoms with van der Waals surface area (Å²) in [5, 5.41) is 2.89. The van der Waals surface area contributed by atoms with Crippen LogP contribution in [-0.2, 0) is 11.2 Å². The summed E-state index contributed by atoms with van der Waals surface area (Å²) in [6.07, 6.45) is 0.359. The van der Waals surface area contributed by atoms with Crippen LogP contribution in [-0.4, -0.2) is 13.0 Å². The molecule has 3 heteroatoms. The van der Waals surface area contributed by atoms with Crippen LogP contribution in [0.15, 0.2) is 48.5 Å². The molecule has 19 heavy (non-hydrogen) atoms. The van der Waals surface area contributed by atoms with Crippen LogP contribution in [0.25, 0.3) is 0 Å². The number of ether oxygens (including phenoxy) is 1. The first-order valence-corrected chi connectivity index (χ1v) is 6.17. The van der Waals surface area contributed by atoms with E-state index in [1.54, 1.807) is 7.11 Å². The van der Waals surface area contributed by atoms with E-state index in [4.69, 9.17) is 4.74 Å². The number of rotatable bonds is 4. The molecule has 0 aliphatic heterocycles. The lowest BCUT2D eigenvalue weighted by molar-refractivity contribution is -0.115. The number of hydrogen-bond donors (Lipinski definition) is 1. The number of methoxy groups -OCH3 is 1. The van der Waals surface area contributed by atoms with E-state index in [9.17, 15) is 4.79 Å². The molecule has 0 saturated carbocycles. The Morgan fingerprint density at radius 2 is 1.89 bits per heavy atom. The van der Waals surface area contributed by atoms with E-state index >= 15 is 0 Å². The molecule has 2 rings (SSSR count). The van der Waals surface area contributed by atoms with Gasteiger partial charge < -0.3 is 10.1 Å². The maximum Gasteiger partial charge on any atom is 0.228 e. The Kier molecular flexibility index (Phi) is 4.18. The number of aryl methyl sites for hydroxylation is 1. The molecule has 0 bridgehead atoms. The molecule has 98 valence electrons. The normalized spacial score (nSPS) is 10.0. The third-order valence-electron chi connectivity index (χ3n) is 2.83. The van der Waals surface area contributed by atoms with E-state index in [1.165, 1.54) is 0 Å². The first kappa shape index (κ1) is 13.1. The monoisotopic (exact) mass is 255 g/mol. The summed E-state index contributed by atoms with van der Waals surface area (Å²) in [6, 6.07) is 15.3. The Balaban J connectivity index is 1.97. The lowest BCUT2D eigenvalue weighted by Gasteiger charge is -2.06. The zero-order valence-corrected chi connectivity index (χ0v) is 11.1. The maximum atomic E-state index is 11.9. The fraction of sp³-hybridized carbons (Fsp3) is 0.188. The molecular formula is C16H17NO2. The molecule has 1 amide bonds. The van der Waals surface area contributed by atoms with Gasteiger partial charge in [-0.25, -0.2) is 0 Å². The van der Waals surface area contributed by atoms with Crippen molar-refractivity contribution >= 4 is 11.6 Å².